The molecule has 1 aliphatic rings. The summed E-state index contributed by atoms with van der Waals surface area (Å²) in [7, 11) is -2.15. The molecule has 6 nitrogen and oxygen atoms in total. The van der Waals surface area contributed by atoms with Crippen LogP contribution in [-0.2, 0) is 4.79 Å². The number of carbonyl (C=O) groups is 2. The third-order valence-corrected chi connectivity index (χ3v) is 11.0. The predicted octanol–water partition coefficient (Wildman–Crippen LogP) is 6.38. The molecule has 0 radical (unpaired) electrons. The molecule has 2 heterocycles. The van der Waals surface area contributed by atoms with Crippen molar-refractivity contribution in [3.63, 3.8) is 0 Å². The quantitative estimate of drug-likeness (QED) is 0.273. The molecular formula is C26H30N2O4Si. The van der Waals surface area contributed by atoms with E-state index in [1.807, 2.05) is 60.7 Å². The molecule has 1 fully saturated rings. The van der Waals surface area contributed by atoms with Gasteiger partial charge in [-0.3, -0.25) is 19.4 Å². The van der Waals surface area contributed by atoms with Gasteiger partial charge < -0.3 is 8.84 Å². The highest BCUT2D eigenvalue weighted by atomic mass is 28.4. The van der Waals surface area contributed by atoms with E-state index in [2.05, 4.69) is 20.8 Å². The van der Waals surface area contributed by atoms with Gasteiger partial charge >= 0.3 is 0 Å². The molecule has 4 rings (SSSR count). The highest BCUT2D eigenvalue weighted by molar-refractivity contribution is 6.74. The normalized spacial score (nSPS) is 13.5. The molecule has 172 valence electrons. The van der Waals surface area contributed by atoms with E-state index in [4.69, 9.17) is 8.84 Å². The van der Waals surface area contributed by atoms with E-state index in [9.17, 15) is 9.59 Å². The fraction of sp³-hybridized carbons (Fsp3) is 0.308. The lowest BCUT2D eigenvalue weighted by atomic mass is 10.1. The Bertz CT molecular complexity index is 1060. The Balaban J connectivity index is 1.82. The van der Waals surface area contributed by atoms with Gasteiger partial charge in [0.2, 0.25) is 11.8 Å². The van der Waals surface area contributed by atoms with Crippen LogP contribution in [0.15, 0.2) is 71.3 Å². The average Bonchev–Trinajstić information content (AvgIpc) is 3.25. The van der Waals surface area contributed by atoms with E-state index in [0.29, 0.717) is 30.2 Å². The van der Waals surface area contributed by atoms with Gasteiger partial charge in [0, 0.05) is 24.3 Å². The molecule has 0 aliphatic carbocycles. The van der Waals surface area contributed by atoms with Gasteiger partial charge in [0.25, 0.3) is 14.2 Å². The van der Waals surface area contributed by atoms with Crippen LogP contribution in [0.5, 0.6) is 5.75 Å². The zero-order chi connectivity index (χ0) is 23.4. The topological polar surface area (TPSA) is 63.0 Å². The van der Waals surface area contributed by atoms with E-state index >= 15 is 0 Å². The molecule has 3 aromatic rings. The lowest BCUT2D eigenvalue weighted by Crippen LogP contribution is -2.45. The van der Waals surface area contributed by atoms with Crippen molar-refractivity contribution < 1.29 is 18.4 Å². The predicted molar refractivity (Wildman–Crippen MR) is 133 cm³/mol. The van der Waals surface area contributed by atoms with E-state index in [1.54, 1.807) is 9.80 Å². The van der Waals surface area contributed by atoms with Gasteiger partial charge in [0.15, 0.2) is 5.75 Å². The van der Waals surface area contributed by atoms with Crippen molar-refractivity contribution in [2.75, 3.05) is 16.3 Å². The number of benzene rings is 2. The van der Waals surface area contributed by atoms with E-state index in [1.165, 1.54) is 6.26 Å². The van der Waals surface area contributed by atoms with E-state index in [-0.39, 0.29) is 11.8 Å². The van der Waals surface area contributed by atoms with Crippen LogP contribution in [0.1, 0.15) is 37.6 Å². The van der Waals surface area contributed by atoms with Crippen molar-refractivity contribution in [1.82, 2.24) is 0 Å². The third-order valence-electron chi connectivity index (χ3n) is 6.54. The summed E-state index contributed by atoms with van der Waals surface area (Å²) in [6, 6.07) is 21.8. The first kappa shape index (κ1) is 22.9. The van der Waals surface area contributed by atoms with Crippen LogP contribution in [0.3, 0.4) is 0 Å². The first-order chi connectivity index (χ1) is 16.0. The van der Waals surface area contributed by atoms with Crippen LogP contribution in [0.25, 0.3) is 0 Å². The molecule has 0 atom stereocenters. The number of amides is 2. The molecule has 7 heteroatoms. The Hall–Kier alpha value is -3.32. The number of hydrogen-bond donors (Lipinski definition) is 0. The zero-order valence-electron chi connectivity index (χ0n) is 19.4. The lowest BCUT2D eigenvalue weighted by molar-refractivity contribution is -0.122. The van der Waals surface area contributed by atoms with Crippen molar-refractivity contribution in [3.05, 3.63) is 72.5 Å². The van der Waals surface area contributed by atoms with E-state index < -0.39 is 8.32 Å². The molecule has 1 aromatic heterocycles. The van der Waals surface area contributed by atoms with Gasteiger partial charge in [-0.05, 0) is 42.4 Å². The maximum atomic E-state index is 14.0. The molecule has 1 saturated heterocycles. The molecule has 0 unspecified atom stereocenters. The number of anilines is 3. The van der Waals surface area contributed by atoms with Gasteiger partial charge in [-0.15, -0.1) is 0 Å². The molecule has 0 saturated carbocycles. The monoisotopic (exact) mass is 462 g/mol. The highest BCUT2D eigenvalue weighted by Gasteiger charge is 2.39. The van der Waals surface area contributed by atoms with Crippen LogP contribution in [0.4, 0.5) is 17.3 Å². The standard InChI is InChI=1S/C26H30N2O4Si/c1-4-33(5-2,6-3)32-24-22(19-31-26(24)27-18-17-23(27)29)25(30)28(20-13-9-7-10-14-20)21-15-11-8-12-16-21/h7-16,19H,4-6,17-18H2,1-3H3. The smallest absolute Gasteiger partial charge is 0.269 e. The van der Waals surface area contributed by atoms with Crippen molar-refractivity contribution in [3.8, 4) is 5.75 Å². The number of para-hydroxylation sites is 2. The van der Waals surface area contributed by atoms with Crippen LogP contribution in [-0.4, -0.2) is 26.7 Å². The zero-order valence-corrected chi connectivity index (χ0v) is 20.4. The van der Waals surface area contributed by atoms with Crippen LogP contribution in [0, 0.1) is 0 Å². The average molecular weight is 463 g/mol. The van der Waals surface area contributed by atoms with Crippen LogP contribution < -0.4 is 14.2 Å². The Labute approximate surface area is 195 Å². The second-order valence-electron chi connectivity index (χ2n) is 8.24. The van der Waals surface area contributed by atoms with Gasteiger partial charge in [0.1, 0.15) is 11.8 Å². The largest absolute Gasteiger partial charge is 0.539 e. The van der Waals surface area contributed by atoms with Gasteiger partial charge in [-0.1, -0.05) is 57.2 Å². The summed E-state index contributed by atoms with van der Waals surface area (Å²) in [5.41, 5.74) is 1.82. The minimum Gasteiger partial charge on any atom is -0.539 e. The summed E-state index contributed by atoms with van der Waals surface area (Å²) < 4.78 is 12.6. The first-order valence-corrected chi connectivity index (χ1v) is 14.1. The third kappa shape index (κ3) is 4.33. The number of furan rings is 1. The summed E-state index contributed by atoms with van der Waals surface area (Å²) in [6.07, 6.45) is 1.92. The van der Waals surface area contributed by atoms with Gasteiger partial charge in [-0.25, -0.2) is 0 Å². The first-order valence-electron chi connectivity index (χ1n) is 11.6. The number of rotatable bonds is 9. The number of nitrogens with zero attached hydrogens (tertiary/aromatic N) is 2. The maximum absolute atomic E-state index is 14.0. The summed E-state index contributed by atoms with van der Waals surface area (Å²) in [5.74, 6) is 0.481. The van der Waals surface area contributed by atoms with Crippen LogP contribution in [0.2, 0.25) is 18.1 Å². The van der Waals surface area contributed by atoms with Crippen LogP contribution >= 0.6 is 0 Å². The Morgan fingerprint density at radius 2 is 1.52 bits per heavy atom. The molecule has 0 spiro atoms. The minimum atomic E-state index is -2.15. The van der Waals surface area contributed by atoms with Gasteiger partial charge in [-0.2, -0.15) is 0 Å². The van der Waals surface area contributed by atoms with Crippen molar-refractivity contribution in [2.24, 2.45) is 0 Å². The Kier molecular flexibility index (Phi) is 6.69. The molecule has 2 aromatic carbocycles. The highest BCUT2D eigenvalue weighted by Crippen LogP contribution is 2.42. The molecule has 1 aliphatic heterocycles. The lowest BCUT2D eigenvalue weighted by Gasteiger charge is -2.33. The summed E-state index contributed by atoms with van der Waals surface area (Å²) >= 11 is 0. The van der Waals surface area contributed by atoms with Crippen molar-refractivity contribution in [2.45, 2.75) is 45.3 Å². The number of β-lactam (4-membered cyclic amide) rings is 1. The van der Waals surface area contributed by atoms with Gasteiger partial charge in [0.05, 0.1) is 0 Å². The maximum Gasteiger partial charge on any atom is 0.269 e. The number of carbonyl (C=O) groups excluding carboxylic acids is 2. The summed E-state index contributed by atoms with van der Waals surface area (Å²) in [6.45, 7) is 6.97. The Morgan fingerprint density at radius 1 is 0.970 bits per heavy atom. The molecule has 33 heavy (non-hydrogen) atoms. The van der Waals surface area contributed by atoms with Crippen molar-refractivity contribution in [1.29, 1.82) is 0 Å². The second-order valence-corrected chi connectivity index (χ2v) is 12.9. The number of hydrogen-bond acceptors (Lipinski definition) is 4. The molecular weight excluding hydrogens is 432 g/mol. The fourth-order valence-corrected chi connectivity index (χ4v) is 6.70. The molecule has 0 N–H and O–H groups in total. The Morgan fingerprint density at radius 3 is 1.94 bits per heavy atom. The molecule has 0 bridgehead atoms. The SMILES string of the molecule is CC[Si](CC)(CC)Oc1c(C(=O)N(c2ccccc2)c2ccccc2)coc1N1CCC1=O. The van der Waals surface area contributed by atoms with Crippen molar-refractivity contribution >= 4 is 37.4 Å². The van der Waals surface area contributed by atoms with E-state index in [0.717, 1.165) is 29.5 Å². The molecule has 2 amide bonds. The summed E-state index contributed by atoms with van der Waals surface area (Å²) in [5, 5.41) is 0. The second kappa shape index (κ2) is 9.66. The fourth-order valence-electron chi connectivity index (χ4n) is 4.14. The summed E-state index contributed by atoms with van der Waals surface area (Å²) in [4.78, 5) is 29.5. The minimum absolute atomic E-state index is 0.0204.